The fraction of sp³-hybridized carbons (Fsp3) is 0.125. The van der Waals surface area contributed by atoms with Crippen LogP contribution in [-0.2, 0) is 0 Å². The zero-order chi connectivity index (χ0) is 18.0. The van der Waals surface area contributed by atoms with Gasteiger partial charge in [-0.3, -0.25) is 10.1 Å². The zero-order valence-corrected chi connectivity index (χ0v) is 15.4. The number of phenols is 1. The van der Waals surface area contributed by atoms with Crippen LogP contribution in [0.5, 0.6) is 11.5 Å². The van der Waals surface area contributed by atoms with Crippen molar-refractivity contribution in [1.82, 2.24) is 4.98 Å². The number of nitro benzene ring substituents is 1. The van der Waals surface area contributed by atoms with Gasteiger partial charge in [-0.15, -0.1) is 0 Å². The lowest BCUT2D eigenvalue weighted by Gasteiger charge is -2.01. The van der Waals surface area contributed by atoms with Gasteiger partial charge in [-0.1, -0.05) is 27.3 Å². The monoisotopic (exact) mass is 421 g/mol. The van der Waals surface area contributed by atoms with Crippen molar-refractivity contribution in [2.75, 3.05) is 6.61 Å². The molecule has 128 valence electrons. The minimum Gasteiger partial charge on any atom is -0.502 e. The Balaban J connectivity index is 1.94. The van der Waals surface area contributed by atoms with Gasteiger partial charge in [0.25, 0.3) is 0 Å². The van der Waals surface area contributed by atoms with E-state index in [0.29, 0.717) is 16.2 Å². The number of nitrogens with zero attached hydrogens (tertiary/aromatic N) is 3. The maximum absolute atomic E-state index is 11.0. The van der Waals surface area contributed by atoms with Crippen LogP contribution in [0.15, 0.2) is 39.8 Å². The molecule has 0 saturated heterocycles. The number of aromatic hydroxyl groups is 1. The van der Waals surface area contributed by atoms with E-state index in [1.54, 1.807) is 6.07 Å². The standard InChI is InChI=1S/C16H12BrN3O4S/c1-2-24-11-3-4-12-14(7-11)25-16(19-12)18-8-9-5-10(17)6-13(15(9)21)20(22)23/h3-8,21H,2H2,1H3/b18-8+. The lowest BCUT2D eigenvalue weighted by molar-refractivity contribution is -0.385. The molecule has 0 aliphatic heterocycles. The lowest BCUT2D eigenvalue weighted by Crippen LogP contribution is -1.92. The molecule has 0 spiro atoms. The van der Waals surface area contributed by atoms with Crippen LogP contribution >= 0.6 is 27.3 Å². The molecular weight excluding hydrogens is 410 g/mol. The first-order valence-electron chi connectivity index (χ1n) is 7.22. The number of phenolic OH excluding ortho intramolecular Hbond substituents is 1. The fourth-order valence-corrected chi connectivity index (χ4v) is 3.48. The Morgan fingerprint density at radius 2 is 2.24 bits per heavy atom. The Labute approximate surface area is 154 Å². The third-order valence-corrected chi connectivity index (χ3v) is 4.64. The van der Waals surface area contributed by atoms with E-state index in [0.717, 1.165) is 16.0 Å². The van der Waals surface area contributed by atoms with Crippen LogP contribution in [0.4, 0.5) is 10.8 Å². The molecule has 2 aromatic carbocycles. The van der Waals surface area contributed by atoms with Gasteiger partial charge in [0.1, 0.15) is 5.75 Å². The summed E-state index contributed by atoms with van der Waals surface area (Å²) in [5, 5.41) is 21.4. The van der Waals surface area contributed by atoms with Crippen LogP contribution in [0, 0.1) is 10.1 Å². The highest BCUT2D eigenvalue weighted by atomic mass is 79.9. The smallest absolute Gasteiger partial charge is 0.312 e. The van der Waals surface area contributed by atoms with Crippen molar-refractivity contribution >= 4 is 54.5 Å². The Kier molecular flexibility index (Phi) is 4.95. The predicted molar refractivity (Wildman–Crippen MR) is 101 cm³/mol. The Hall–Kier alpha value is -2.52. The van der Waals surface area contributed by atoms with Crippen LogP contribution in [0.3, 0.4) is 0 Å². The topological polar surface area (TPSA) is 97.9 Å². The number of thiazole rings is 1. The van der Waals surface area contributed by atoms with Crippen molar-refractivity contribution in [2.24, 2.45) is 4.99 Å². The summed E-state index contributed by atoms with van der Waals surface area (Å²) in [6, 6.07) is 8.35. The van der Waals surface area contributed by atoms with Crippen molar-refractivity contribution in [2.45, 2.75) is 6.92 Å². The first-order chi connectivity index (χ1) is 12.0. The van der Waals surface area contributed by atoms with E-state index in [1.165, 1.54) is 23.6 Å². The molecule has 0 saturated carbocycles. The predicted octanol–water partition coefficient (Wildman–Crippen LogP) is 4.82. The lowest BCUT2D eigenvalue weighted by atomic mass is 10.2. The van der Waals surface area contributed by atoms with Gasteiger partial charge in [0.15, 0.2) is 0 Å². The highest BCUT2D eigenvalue weighted by Crippen LogP contribution is 2.34. The quantitative estimate of drug-likeness (QED) is 0.361. The number of ether oxygens (including phenoxy) is 1. The van der Waals surface area contributed by atoms with E-state index in [-0.39, 0.29) is 11.3 Å². The first kappa shape index (κ1) is 17.3. The second-order valence-corrected chi connectivity index (χ2v) is 6.86. The molecule has 0 atom stereocenters. The molecule has 0 unspecified atom stereocenters. The van der Waals surface area contributed by atoms with E-state index in [9.17, 15) is 15.2 Å². The highest BCUT2D eigenvalue weighted by molar-refractivity contribution is 9.10. The molecule has 1 aromatic heterocycles. The summed E-state index contributed by atoms with van der Waals surface area (Å²) >= 11 is 4.55. The molecule has 1 heterocycles. The zero-order valence-electron chi connectivity index (χ0n) is 13.0. The van der Waals surface area contributed by atoms with Crippen molar-refractivity contribution in [3.63, 3.8) is 0 Å². The average Bonchev–Trinajstić information content (AvgIpc) is 2.97. The molecule has 1 N–H and O–H groups in total. The SMILES string of the molecule is CCOc1ccc2nc(/N=C/c3cc(Br)cc([N+](=O)[O-])c3O)sc2c1. The molecule has 0 fully saturated rings. The number of aromatic nitrogens is 1. The summed E-state index contributed by atoms with van der Waals surface area (Å²) in [6.07, 6.45) is 1.36. The second-order valence-electron chi connectivity index (χ2n) is 4.94. The number of fused-ring (bicyclic) bond motifs is 1. The molecule has 7 nitrogen and oxygen atoms in total. The molecule has 3 aromatic rings. The number of halogens is 1. The molecule has 0 aliphatic rings. The Bertz CT molecular complexity index is 987. The van der Waals surface area contributed by atoms with E-state index in [4.69, 9.17) is 4.74 Å². The van der Waals surface area contributed by atoms with Gasteiger partial charge in [0, 0.05) is 22.3 Å². The Morgan fingerprint density at radius 1 is 1.44 bits per heavy atom. The minimum atomic E-state index is -0.648. The molecule has 0 radical (unpaired) electrons. The summed E-state index contributed by atoms with van der Waals surface area (Å²) in [5.74, 6) is 0.325. The molecule has 0 amide bonds. The van der Waals surface area contributed by atoms with Crippen LogP contribution in [-0.4, -0.2) is 27.8 Å². The third-order valence-electron chi connectivity index (χ3n) is 3.25. The fourth-order valence-electron chi connectivity index (χ4n) is 2.17. The summed E-state index contributed by atoms with van der Waals surface area (Å²) in [5.41, 5.74) is 0.627. The highest BCUT2D eigenvalue weighted by Gasteiger charge is 2.17. The van der Waals surface area contributed by atoms with E-state index in [1.807, 2.05) is 25.1 Å². The molecule has 0 bridgehead atoms. The van der Waals surface area contributed by atoms with Gasteiger partial charge in [-0.25, -0.2) is 9.98 Å². The van der Waals surface area contributed by atoms with Gasteiger partial charge >= 0.3 is 5.69 Å². The summed E-state index contributed by atoms with van der Waals surface area (Å²) in [7, 11) is 0. The molecule has 0 aliphatic carbocycles. The largest absolute Gasteiger partial charge is 0.502 e. The summed E-state index contributed by atoms with van der Waals surface area (Å²) < 4.78 is 6.85. The number of aliphatic imine (C=N–C) groups is 1. The number of hydrogen-bond donors (Lipinski definition) is 1. The van der Waals surface area contributed by atoms with Crippen LogP contribution in [0.25, 0.3) is 10.2 Å². The molecule has 9 heteroatoms. The van der Waals surface area contributed by atoms with Crippen LogP contribution in [0.1, 0.15) is 12.5 Å². The van der Waals surface area contributed by atoms with Crippen molar-refractivity contribution < 1.29 is 14.8 Å². The van der Waals surface area contributed by atoms with Crippen LogP contribution < -0.4 is 4.74 Å². The first-order valence-corrected chi connectivity index (χ1v) is 8.83. The van der Waals surface area contributed by atoms with Crippen molar-refractivity contribution in [3.8, 4) is 11.5 Å². The second kappa shape index (κ2) is 7.16. The maximum atomic E-state index is 11.0. The number of nitro groups is 1. The molecule has 3 rings (SSSR count). The molecular formula is C16H12BrN3O4S. The van der Waals surface area contributed by atoms with Crippen molar-refractivity contribution in [3.05, 3.63) is 50.5 Å². The summed E-state index contributed by atoms with van der Waals surface area (Å²) in [4.78, 5) is 18.9. The molecule has 25 heavy (non-hydrogen) atoms. The van der Waals surface area contributed by atoms with Gasteiger partial charge < -0.3 is 9.84 Å². The Morgan fingerprint density at radius 3 is 2.96 bits per heavy atom. The number of benzene rings is 2. The van der Waals surface area contributed by atoms with Crippen molar-refractivity contribution in [1.29, 1.82) is 0 Å². The van der Waals surface area contributed by atoms with Gasteiger partial charge in [-0.2, -0.15) is 0 Å². The van der Waals surface area contributed by atoms with E-state index >= 15 is 0 Å². The summed E-state index contributed by atoms with van der Waals surface area (Å²) in [6.45, 7) is 2.49. The number of hydrogen-bond acceptors (Lipinski definition) is 7. The maximum Gasteiger partial charge on any atom is 0.312 e. The van der Waals surface area contributed by atoms with E-state index < -0.39 is 10.7 Å². The minimum absolute atomic E-state index is 0.232. The third kappa shape index (κ3) is 3.77. The average molecular weight is 422 g/mol. The van der Waals surface area contributed by atoms with E-state index in [2.05, 4.69) is 25.9 Å². The van der Waals surface area contributed by atoms with Gasteiger partial charge in [0.2, 0.25) is 10.9 Å². The van der Waals surface area contributed by atoms with Gasteiger partial charge in [-0.05, 0) is 31.2 Å². The van der Waals surface area contributed by atoms with Crippen LogP contribution in [0.2, 0.25) is 0 Å². The van der Waals surface area contributed by atoms with Gasteiger partial charge in [0.05, 0.1) is 21.7 Å². The normalized spacial score (nSPS) is 11.3. The number of rotatable bonds is 5.